The molecule has 0 unspecified atom stereocenters. The van der Waals surface area contributed by atoms with Gasteiger partial charge in [-0.3, -0.25) is 0 Å². The van der Waals surface area contributed by atoms with Crippen LogP contribution in [0.25, 0.3) is 0 Å². The zero-order chi connectivity index (χ0) is 12.2. The minimum atomic E-state index is 0.877. The lowest BCUT2D eigenvalue weighted by molar-refractivity contribution is 0.373. The molecule has 2 aliphatic heterocycles. The van der Waals surface area contributed by atoms with Crippen LogP contribution in [0.5, 0.6) is 0 Å². The number of rotatable bonds is 2. The van der Waals surface area contributed by atoms with Crippen molar-refractivity contribution in [3.05, 3.63) is 24.3 Å². The van der Waals surface area contributed by atoms with E-state index in [2.05, 4.69) is 34.5 Å². The lowest BCUT2D eigenvalue weighted by atomic mass is 9.97. The van der Waals surface area contributed by atoms with E-state index in [1.54, 1.807) is 0 Å². The first-order chi connectivity index (χ1) is 8.93. The number of piperidine rings is 1. The highest BCUT2D eigenvalue weighted by molar-refractivity contribution is 7.99. The molecule has 2 aliphatic rings. The topological polar surface area (TPSA) is 15.3 Å². The second-order valence-corrected chi connectivity index (χ2v) is 6.45. The van der Waals surface area contributed by atoms with E-state index >= 15 is 0 Å². The molecule has 0 atom stereocenters. The number of fused-ring (bicyclic) bond motifs is 1. The van der Waals surface area contributed by atoms with Crippen LogP contribution in [-0.4, -0.2) is 31.9 Å². The number of hydrogen-bond donors (Lipinski definition) is 1. The summed E-state index contributed by atoms with van der Waals surface area (Å²) in [4.78, 5) is 4.11. The van der Waals surface area contributed by atoms with Crippen molar-refractivity contribution < 1.29 is 0 Å². The van der Waals surface area contributed by atoms with E-state index in [1.807, 2.05) is 11.8 Å². The monoisotopic (exact) mass is 262 g/mol. The second kappa shape index (κ2) is 5.98. The smallest absolute Gasteiger partial charge is 0.0504 e. The van der Waals surface area contributed by atoms with Gasteiger partial charge in [0.1, 0.15) is 0 Å². The van der Waals surface area contributed by atoms with Crippen molar-refractivity contribution >= 4 is 17.4 Å². The van der Waals surface area contributed by atoms with Crippen molar-refractivity contribution in [1.82, 2.24) is 5.32 Å². The molecule has 98 valence electrons. The number of nitrogens with one attached hydrogen (secondary N) is 1. The Morgan fingerprint density at radius 1 is 1.22 bits per heavy atom. The Morgan fingerprint density at radius 2 is 2.06 bits per heavy atom. The van der Waals surface area contributed by atoms with Crippen molar-refractivity contribution in [2.24, 2.45) is 5.92 Å². The zero-order valence-electron chi connectivity index (χ0n) is 10.9. The lowest BCUT2D eigenvalue weighted by Crippen LogP contribution is -2.36. The molecule has 0 spiro atoms. The van der Waals surface area contributed by atoms with Gasteiger partial charge in [-0.1, -0.05) is 12.1 Å². The van der Waals surface area contributed by atoms with E-state index in [0.29, 0.717) is 0 Å². The molecule has 1 aromatic carbocycles. The maximum absolute atomic E-state index is 3.46. The van der Waals surface area contributed by atoms with Gasteiger partial charge < -0.3 is 10.2 Å². The molecule has 2 heterocycles. The average Bonchev–Trinajstić information content (AvgIpc) is 2.63. The quantitative estimate of drug-likeness (QED) is 0.882. The molecule has 0 radical (unpaired) electrons. The summed E-state index contributed by atoms with van der Waals surface area (Å²) in [6.45, 7) is 4.89. The summed E-state index contributed by atoms with van der Waals surface area (Å²) in [5.41, 5.74) is 1.47. The summed E-state index contributed by atoms with van der Waals surface area (Å²) in [5.74, 6) is 2.14. The van der Waals surface area contributed by atoms with Crippen LogP contribution < -0.4 is 10.2 Å². The van der Waals surface area contributed by atoms with Gasteiger partial charge in [-0.25, -0.2) is 0 Å². The van der Waals surface area contributed by atoms with E-state index in [-0.39, 0.29) is 0 Å². The van der Waals surface area contributed by atoms with Gasteiger partial charge in [0.25, 0.3) is 0 Å². The van der Waals surface area contributed by atoms with Crippen LogP contribution in [0.2, 0.25) is 0 Å². The third-order valence-corrected chi connectivity index (χ3v) is 5.12. The summed E-state index contributed by atoms with van der Waals surface area (Å²) >= 11 is 2.02. The Morgan fingerprint density at radius 3 is 2.94 bits per heavy atom. The van der Waals surface area contributed by atoms with Gasteiger partial charge in [0.2, 0.25) is 0 Å². The average molecular weight is 262 g/mol. The molecule has 3 rings (SSSR count). The minimum absolute atomic E-state index is 0.877. The van der Waals surface area contributed by atoms with E-state index in [4.69, 9.17) is 0 Å². The molecule has 1 saturated heterocycles. The van der Waals surface area contributed by atoms with Crippen molar-refractivity contribution in [2.75, 3.05) is 36.8 Å². The van der Waals surface area contributed by atoms with Crippen molar-refractivity contribution in [3.8, 4) is 0 Å². The maximum Gasteiger partial charge on any atom is 0.0504 e. The molecule has 0 aliphatic carbocycles. The summed E-state index contributed by atoms with van der Waals surface area (Å²) < 4.78 is 0. The van der Waals surface area contributed by atoms with Crippen LogP contribution in [0.15, 0.2) is 29.2 Å². The van der Waals surface area contributed by atoms with Crippen LogP contribution >= 0.6 is 11.8 Å². The van der Waals surface area contributed by atoms with Gasteiger partial charge in [-0.2, -0.15) is 0 Å². The number of anilines is 1. The first kappa shape index (κ1) is 12.4. The molecule has 18 heavy (non-hydrogen) atoms. The highest BCUT2D eigenvalue weighted by atomic mass is 32.2. The molecule has 0 amide bonds. The van der Waals surface area contributed by atoms with E-state index in [1.165, 1.54) is 61.8 Å². The van der Waals surface area contributed by atoms with E-state index in [0.717, 1.165) is 5.92 Å². The molecule has 1 fully saturated rings. The molecule has 0 saturated carbocycles. The third-order valence-electron chi connectivity index (χ3n) is 3.97. The normalized spacial score (nSPS) is 21.4. The molecule has 1 aromatic rings. The van der Waals surface area contributed by atoms with Crippen molar-refractivity contribution in [1.29, 1.82) is 0 Å². The molecule has 0 bridgehead atoms. The maximum atomic E-state index is 3.46. The van der Waals surface area contributed by atoms with E-state index < -0.39 is 0 Å². The fourth-order valence-corrected chi connectivity index (χ4v) is 3.98. The summed E-state index contributed by atoms with van der Waals surface area (Å²) in [5, 5.41) is 3.46. The Bertz CT molecular complexity index is 388. The van der Waals surface area contributed by atoms with Crippen LogP contribution in [-0.2, 0) is 0 Å². The van der Waals surface area contributed by atoms with Crippen molar-refractivity contribution in [2.45, 2.75) is 24.2 Å². The molecule has 1 N–H and O–H groups in total. The summed E-state index contributed by atoms with van der Waals surface area (Å²) in [6.07, 6.45) is 3.99. The number of nitrogens with zero attached hydrogens (tertiary/aromatic N) is 1. The number of thioether (sulfide) groups is 1. The zero-order valence-corrected chi connectivity index (χ0v) is 11.7. The lowest BCUT2D eigenvalue weighted by Gasteiger charge is -2.31. The van der Waals surface area contributed by atoms with Gasteiger partial charge >= 0.3 is 0 Å². The minimum Gasteiger partial charge on any atom is -0.370 e. The second-order valence-electron chi connectivity index (χ2n) is 5.31. The highest BCUT2D eigenvalue weighted by Gasteiger charge is 2.20. The van der Waals surface area contributed by atoms with Crippen LogP contribution in [0.4, 0.5) is 5.69 Å². The predicted molar refractivity (Wildman–Crippen MR) is 79.6 cm³/mol. The molecule has 2 nitrogen and oxygen atoms in total. The first-order valence-corrected chi connectivity index (χ1v) is 8.09. The summed E-state index contributed by atoms with van der Waals surface area (Å²) in [6, 6.07) is 8.93. The van der Waals surface area contributed by atoms with Gasteiger partial charge in [0.15, 0.2) is 0 Å². The van der Waals surface area contributed by atoms with Gasteiger partial charge in [0, 0.05) is 18.0 Å². The Labute approximate surface area is 114 Å². The molecule has 3 heteroatoms. The highest BCUT2D eigenvalue weighted by Crippen LogP contribution is 2.34. The van der Waals surface area contributed by atoms with Gasteiger partial charge in [-0.05, 0) is 56.2 Å². The van der Waals surface area contributed by atoms with Gasteiger partial charge in [-0.15, -0.1) is 11.8 Å². The van der Waals surface area contributed by atoms with Crippen LogP contribution in [0, 0.1) is 5.92 Å². The Kier molecular flexibility index (Phi) is 4.11. The number of benzene rings is 1. The first-order valence-electron chi connectivity index (χ1n) is 7.11. The fraction of sp³-hybridized carbons (Fsp3) is 0.600. The molecule has 0 aromatic heterocycles. The third kappa shape index (κ3) is 2.83. The van der Waals surface area contributed by atoms with Gasteiger partial charge in [0.05, 0.1) is 5.69 Å². The van der Waals surface area contributed by atoms with Crippen molar-refractivity contribution in [3.63, 3.8) is 0 Å². The number of hydrogen-bond acceptors (Lipinski definition) is 3. The molecular weight excluding hydrogens is 240 g/mol. The largest absolute Gasteiger partial charge is 0.370 e. The SMILES string of the molecule is c1ccc2c(c1)SCCCN2CC1CCNCC1. The fourth-order valence-electron chi connectivity index (χ4n) is 2.96. The van der Waals surface area contributed by atoms with E-state index in [9.17, 15) is 0 Å². The van der Waals surface area contributed by atoms with Crippen LogP contribution in [0.1, 0.15) is 19.3 Å². The predicted octanol–water partition coefficient (Wildman–Crippen LogP) is 2.99. The standard InChI is InChI=1S/C15H22N2S/c1-2-5-15-14(4-1)17(10-3-11-18-15)12-13-6-8-16-9-7-13/h1-2,4-5,13,16H,3,6-12H2. The Balaban J connectivity index is 1.74. The Hall–Kier alpha value is -0.670. The summed E-state index contributed by atoms with van der Waals surface area (Å²) in [7, 11) is 0. The number of para-hydroxylation sites is 1. The molecular formula is C15H22N2S. The van der Waals surface area contributed by atoms with Crippen LogP contribution in [0.3, 0.4) is 0 Å².